The van der Waals surface area contributed by atoms with Crippen LogP contribution in [0, 0.1) is 5.92 Å². The molecule has 0 atom stereocenters. The van der Waals surface area contributed by atoms with Gasteiger partial charge in [-0.25, -0.2) is 9.59 Å². The number of carbonyl (C=O) groups excluding carboxylic acids is 3. The van der Waals surface area contributed by atoms with Crippen molar-refractivity contribution in [3.8, 4) is 17.2 Å². The van der Waals surface area contributed by atoms with Crippen LogP contribution in [0.1, 0.15) is 86.9 Å². The molecule has 0 aliphatic carbocycles. The predicted octanol–water partition coefficient (Wildman–Crippen LogP) is 7.56. The van der Waals surface area contributed by atoms with Crippen LogP contribution in [0.4, 0.5) is 0 Å². The second-order valence-corrected chi connectivity index (χ2v) is 10.9. The highest BCUT2D eigenvalue weighted by molar-refractivity contribution is 5.91. The van der Waals surface area contributed by atoms with Gasteiger partial charge >= 0.3 is 11.9 Å². The number of ether oxygens (including phenoxy) is 7. The second kappa shape index (κ2) is 24.1. The van der Waals surface area contributed by atoms with E-state index in [9.17, 15) is 14.4 Å². The molecule has 10 nitrogen and oxygen atoms in total. The Morgan fingerprint density at radius 1 is 0.851 bits per heavy atom. The second-order valence-electron chi connectivity index (χ2n) is 10.9. The minimum Gasteiger partial charge on any atom is -0.493 e. The average molecular weight is 655 g/mol. The molecule has 0 saturated carbocycles. The summed E-state index contributed by atoms with van der Waals surface area (Å²) in [6.07, 6.45) is 11.1. The molecule has 2 aromatic rings. The monoisotopic (exact) mass is 654 g/mol. The number of hydrogen-bond donors (Lipinski definition) is 0. The van der Waals surface area contributed by atoms with Gasteiger partial charge in [0.2, 0.25) is 0 Å². The van der Waals surface area contributed by atoms with Gasteiger partial charge in [-0.1, -0.05) is 44.1 Å². The Kier molecular flexibility index (Phi) is 20.0. The number of esters is 2. The third-order valence-electron chi connectivity index (χ3n) is 7.13. The van der Waals surface area contributed by atoms with Crippen molar-refractivity contribution in [2.75, 3.05) is 40.1 Å². The molecule has 1 aliphatic rings. The summed E-state index contributed by atoms with van der Waals surface area (Å²) in [4.78, 5) is 34.0. The smallest absolute Gasteiger partial charge is 0.343 e. The summed E-state index contributed by atoms with van der Waals surface area (Å²) < 4.78 is 38.4. The Balaban J connectivity index is 0.00000246. The number of carbonyl (C=O) groups is 3. The van der Waals surface area contributed by atoms with Crippen LogP contribution in [0.2, 0.25) is 0 Å². The van der Waals surface area contributed by atoms with E-state index in [1.165, 1.54) is 7.11 Å². The molecule has 1 aliphatic heterocycles. The molecule has 1 heterocycles. The lowest BCUT2D eigenvalue weighted by Gasteiger charge is -2.29. The van der Waals surface area contributed by atoms with Gasteiger partial charge in [-0.05, 0) is 69.7 Å². The molecule has 1 saturated heterocycles. The number of methoxy groups -OCH3 is 1. The molecule has 0 spiro atoms. The highest BCUT2D eigenvalue weighted by Gasteiger charge is 2.23. The van der Waals surface area contributed by atoms with Gasteiger partial charge in [0.15, 0.2) is 17.8 Å². The topological polar surface area (TPSA) is 116 Å². The summed E-state index contributed by atoms with van der Waals surface area (Å²) >= 11 is 0. The van der Waals surface area contributed by atoms with Crippen LogP contribution in [0.3, 0.4) is 0 Å². The molecular weight excluding hydrogens is 604 g/mol. The van der Waals surface area contributed by atoms with Crippen molar-refractivity contribution in [3.05, 3.63) is 78.9 Å². The van der Waals surface area contributed by atoms with Gasteiger partial charge in [0.05, 0.1) is 45.7 Å². The van der Waals surface area contributed by atoms with Crippen LogP contribution >= 0.6 is 0 Å². The first-order chi connectivity index (χ1) is 22.9. The molecule has 3 rings (SSSR count). The van der Waals surface area contributed by atoms with E-state index >= 15 is 0 Å². The minimum atomic E-state index is -0.491. The highest BCUT2D eigenvalue weighted by atomic mass is 16.7. The van der Waals surface area contributed by atoms with Gasteiger partial charge in [0.25, 0.3) is 6.47 Å². The Hall–Kier alpha value is -4.15. The van der Waals surface area contributed by atoms with Gasteiger partial charge < -0.3 is 33.2 Å². The van der Waals surface area contributed by atoms with Crippen molar-refractivity contribution in [1.29, 1.82) is 0 Å². The maximum absolute atomic E-state index is 12.8. The fraction of sp³-hybridized carbons (Fsp3) is 0.486. The summed E-state index contributed by atoms with van der Waals surface area (Å²) in [5.41, 5.74) is 1.24. The van der Waals surface area contributed by atoms with E-state index in [-0.39, 0.29) is 0 Å². The van der Waals surface area contributed by atoms with Crippen LogP contribution < -0.4 is 14.2 Å². The lowest BCUT2D eigenvalue weighted by Crippen LogP contribution is -2.27. The van der Waals surface area contributed by atoms with E-state index in [2.05, 4.69) is 13.2 Å². The van der Waals surface area contributed by atoms with E-state index in [1.54, 1.807) is 36.4 Å². The normalized spacial score (nSPS) is 15.3. The third kappa shape index (κ3) is 15.8. The maximum atomic E-state index is 12.8. The summed E-state index contributed by atoms with van der Waals surface area (Å²) in [5.74, 6) is 0.836. The van der Waals surface area contributed by atoms with Crippen LogP contribution in [0.15, 0.2) is 67.8 Å². The fourth-order valence-electron chi connectivity index (χ4n) is 4.67. The predicted molar refractivity (Wildman–Crippen MR) is 179 cm³/mol. The standard InChI is InChI=1S/C34H44O10.C3H6/c1-3-32(36)41-21-11-7-6-10-20-40-30-18-17-29(22-31(30)38-2)44-33(37)27-13-15-28(16-14-27)34-42-23-26(24-43-34)12-8-4-5-9-19-39-25-35;1-3-2/h3,13-18,22,25-26,34H,1,4-12,19-21,23-24H2,2H3;3H,1H2,2H3. The average Bonchev–Trinajstić information content (AvgIpc) is 3.10. The molecule has 10 heteroatoms. The highest BCUT2D eigenvalue weighted by Crippen LogP contribution is 2.32. The zero-order chi connectivity index (χ0) is 34.1. The quantitative estimate of drug-likeness (QED) is 0.0333. The summed E-state index contributed by atoms with van der Waals surface area (Å²) in [6, 6.07) is 12.0. The van der Waals surface area contributed by atoms with Gasteiger partial charge in [0, 0.05) is 23.6 Å². The summed E-state index contributed by atoms with van der Waals surface area (Å²) in [7, 11) is 1.53. The van der Waals surface area contributed by atoms with Gasteiger partial charge in [0.1, 0.15) is 5.75 Å². The molecular formula is C37H50O10. The van der Waals surface area contributed by atoms with Crippen molar-refractivity contribution in [2.45, 2.75) is 71.0 Å². The molecule has 47 heavy (non-hydrogen) atoms. The van der Waals surface area contributed by atoms with E-state index in [1.807, 2.05) is 19.1 Å². The van der Waals surface area contributed by atoms with Crippen molar-refractivity contribution < 1.29 is 47.5 Å². The molecule has 1 fully saturated rings. The Morgan fingerprint density at radius 3 is 2.13 bits per heavy atom. The van der Waals surface area contributed by atoms with Crippen molar-refractivity contribution in [2.24, 2.45) is 5.92 Å². The number of allylic oxidation sites excluding steroid dienone is 1. The van der Waals surface area contributed by atoms with Gasteiger partial charge in [-0.2, -0.15) is 0 Å². The summed E-state index contributed by atoms with van der Waals surface area (Å²) in [6.45, 7) is 11.7. The van der Waals surface area contributed by atoms with Gasteiger partial charge in [-0.15, -0.1) is 6.58 Å². The number of unbranched alkanes of at least 4 members (excludes halogenated alkanes) is 6. The summed E-state index contributed by atoms with van der Waals surface area (Å²) in [5, 5.41) is 0. The molecule has 2 aromatic carbocycles. The zero-order valence-electron chi connectivity index (χ0n) is 27.8. The number of hydrogen-bond acceptors (Lipinski definition) is 10. The Labute approximate surface area is 279 Å². The van der Waals surface area contributed by atoms with Gasteiger partial charge in [-0.3, -0.25) is 4.79 Å². The van der Waals surface area contributed by atoms with Crippen LogP contribution in [-0.2, 0) is 28.5 Å². The van der Waals surface area contributed by atoms with Crippen LogP contribution in [0.25, 0.3) is 0 Å². The zero-order valence-corrected chi connectivity index (χ0v) is 27.8. The molecule has 0 unspecified atom stereocenters. The minimum absolute atomic E-state index is 0.344. The molecule has 0 N–H and O–H groups in total. The molecule has 0 bridgehead atoms. The maximum Gasteiger partial charge on any atom is 0.343 e. The lowest BCUT2D eigenvalue weighted by atomic mass is 10.0. The molecule has 258 valence electrons. The molecule has 0 radical (unpaired) electrons. The Bertz CT molecular complexity index is 1200. The van der Waals surface area contributed by atoms with Crippen molar-refractivity contribution in [1.82, 2.24) is 0 Å². The largest absolute Gasteiger partial charge is 0.493 e. The first-order valence-electron chi connectivity index (χ1n) is 16.2. The number of benzene rings is 2. The van der Waals surface area contributed by atoms with Crippen molar-refractivity contribution >= 4 is 18.4 Å². The fourth-order valence-corrected chi connectivity index (χ4v) is 4.67. The van der Waals surface area contributed by atoms with E-state index in [0.29, 0.717) is 68.2 Å². The van der Waals surface area contributed by atoms with Crippen molar-refractivity contribution in [3.63, 3.8) is 0 Å². The van der Waals surface area contributed by atoms with E-state index < -0.39 is 18.2 Å². The van der Waals surface area contributed by atoms with E-state index in [0.717, 1.165) is 69.4 Å². The SMILES string of the molecule is C=CC.C=CC(=O)OCCCCCCOc1ccc(OC(=O)c2ccc(C3OCC(CCCCCCOC=O)CO3)cc2)cc1OC. The Morgan fingerprint density at radius 2 is 1.49 bits per heavy atom. The number of rotatable bonds is 21. The molecule has 0 amide bonds. The lowest BCUT2D eigenvalue weighted by molar-refractivity contribution is -0.206. The first kappa shape index (κ1) is 39.0. The van der Waals surface area contributed by atoms with Crippen LogP contribution in [0.5, 0.6) is 17.2 Å². The molecule has 0 aromatic heterocycles. The van der Waals surface area contributed by atoms with Crippen LogP contribution in [-0.4, -0.2) is 58.6 Å². The third-order valence-corrected chi connectivity index (χ3v) is 7.13. The van der Waals surface area contributed by atoms with E-state index in [4.69, 9.17) is 33.2 Å². The first-order valence-corrected chi connectivity index (χ1v) is 16.2.